The van der Waals surface area contributed by atoms with E-state index in [2.05, 4.69) is 16.0 Å². The molecule has 2 heterocycles. The average molecular weight is 365 g/mol. The second-order valence-corrected chi connectivity index (χ2v) is 7.57. The van der Waals surface area contributed by atoms with Crippen LogP contribution in [0.3, 0.4) is 0 Å². The maximum atomic E-state index is 13.6. The highest BCUT2D eigenvalue weighted by Crippen LogP contribution is 2.32. The Morgan fingerprint density at radius 1 is 1.15 bits per heavy atom. The predicted molar refractivity (Wildman–Crippen MR) is 108 cm³/mol. The number of carbonyl (C=O) groups excluding carboxylic acids is 2. The smallest absolute Gasteiger partial charge is 0.260 e. The highest BCUT2D eigenvalue weighted by atomic mass is 16.2. The zero-order valence-corrected chi connectivity index (χ0v) is 16.7. The Balaban J connectivity index is 2.10. The molecule has 3 rings (SSSR count). The molecule has 1 aromatic heterocycles. The number of likely N-dealkylation sites (N-methyl/N-ethyl adjacent to an activating group) is 1. The van der Waals surface area contributed by atoms with Crippen molar-refractivity contribution in [2.45, 2.75) is 39.7 Å². The number of rotatable bonds is 4. The second-order valence-electron chi connectivity index (χ2n) is 7.57. The van der Waals surface area contributed by atoms with Crippen LogP contribution in [0.25, 0.3) is 0 Å². The fourth-order valence-electron chi connectivity index (χ4n) is 3.90. The summed E-state index contributed by atoms with van der Waals surface area (Å²) in [4.78, 5) is 34.1. The van der Waals surface area contributed by atoms with Crippen LogP contribution < -0.4 is 4.90 Å². The quantitative estimate of drug-likeness (QED) is 0.779. The number of anilines is 1. The zero-order chi connectivity index (χ0) is 19.7. The van der Waals surface area contributed by atoms with Crippen molar-refractivity contribution in [2.75, 3.05) is 25.5 Å². The lowest BCUT2D eigenvalue weighted by molar-refractivity contribution is 0.0967. The number of hydrogen-bond donors (Lipinski definition) is 0. The molecule has 0 bridgehead atoms. The maximum absolute atomic E-state index is 13.6. The van der Waals surface area contributed by atoms with Crippen LogP contribution in [0, 0.1) is 13.8 Å². The third kappa shape index (κ3) is 3.78. The minimum atomic E-state index is -0.0819. The van der Waals surface area contributed by atoms with Gasteiger partial charge in [-0.1, -0.05) is 18.2 Å². The van der Waals surface area contributed by atoms with Crippen LogP contribution in [0.2, 0.25) is 0 Å². The van der Waals surface area contributed by atoms with E-state index >= 15 is 0 Å². The predicted octanol–water partition coefficient (Wildman–Crippen LogP) is 3.42. The Morgan fingerprint density at radius 3 is 2.48 bits per heavy atom. The van der Waals surface area contributed by atoms with E-state index in [9.17, 15) is 9.59 Å². The zero-order valence-electron chi connectivity index (χ0n) is 16.7. The molecule has 5 heteroatoms. The number of fused-ring (bicyclic) bond motifs is 1. The van der Waals surface area contributed by atoms with E-state index in [-0.39, 0.29) is 17.7 Å². The first-order valence-electron chi connectivity index (χ1n) is 9.35. The summed E-state index contributed by atoms with van der Waals surface area (Å²) in [6, 6.07) is 9.88. The van der Waals surface area contributed by atoms with Crippen molar-refractivity contribution in [3.05, 3.63) is 58.4 Å². The van der Waals surface area contributed by atoms with E-state index in [4.69, 9.17) is 0 Å². The Labute approximate surface area is 161 Å². The number of nitrogens with zero attached hydrogens (tertiary/aromatic N) is 3. The number of aryl methyl sites for hydroxylation is 3. The summed E-state index contributed by atoms with van der Waals surface area (Å²) in [5, 5.41) is 0. The summed E-state index contributed by atoms with van der Waals surface area (Å²) in [6.07, 6.45) is 1.88. The molecule has 5 nitrogen and oxygen atoms in total. The van der Waals surface area contributed by atoms with Gasteiger partial charge in [0.1, 0.15) is 0 Å². The number of Topliss-reactive ketones (excluding diaryl/α,β-unsaturated/α-hetero) is 1. The molecular formula is C22H27N3O2. The molecule has 142 valence electrons. The van der Waals surface area contributed by atoms with Gasteiger partial charge in [0.05, 0.1) is 17.3 Å². The summed E-state index contributed by atoms with van der Waals surface area (Å²) < 4.78 is 0. The Bertz CT molecular complexity index is 889. The molecule has 27 heavy (non-hydrogen) atoms. The molecule has 2 aromatic rings. The van der Waals surface area contributed by atoms with Crippen molar-refractivity contribution in [1.29, 1.82) is 0 Å². The highest BCUT2D eigenvalue weighted by molar-refractivity contribution is 6.09. The van der Waals surface area contributed by atoms with Crippen molar-refractivity contribution in [3.63, 3.8) is 0 Å². The normalized spacial score (nSPS) is 16.4. The van der Waals surface area contributed by atoms with E-state index in [0.29, 0.717) is 22.5 Å². The van der Waals surface area contributed by atoms with Gasteiger partial charge in [-0.2, -0.15) is 0 Å². The SMILES string of the molecule is CC(=O)c1cc(C(=O)N2c3ccccc3CCC2CN(C)C)c(C)nc1C. The van der Waals surface area contributed by atoms with Crippen LogP contribution >= 0.6 is 0 Å². The van der Waals surface area contributed by atoms with E-state index in [1.807, 2.05) is 51.0 Å². The van der Waals surface area contributed by atoms with Crippen molar-refractivity contribution in [2.24, 2.45) is 0 Å². The highest BCUT2D eigenvalue weighted by Gasteiger charge is 2.33. The first-order chi connectivity index (χ1) is 12.8. The molecule has 0 radical (unpaired) electrons. The topological polar surface area (TPSA) is 53.5 Å². The number of ketones is 1. The van der Waals surface area contributed by atoms with Crippen LogP contribution in [0.4, 0.5) is 5.69 Å². The molecular weight excluding hydrogens is 338 g/mol. The van der Waals surface area contributed by atoms with Gasteiger partial charge in [0, 0.05) is 23.5 Å². The molecule has 0 N–H and O–H groups in total. The molecule has 0 spiro atoms. The van der Waals surface area contributed by atoms with Crippen LogP contribution in [0.1, 0.15) is 51.0 Å². The minimum Gasteiger partial charge on any atom is -0.307 e. The summed E-state index contributed by atoms with van der Waals surface area (Å²) >= 11 is 0. The Morgan fingerprint density at radius 2 is 1.81 bits per heavy atom. The van der Waals surface area contributed by atoms with Crippen LogP contribution in [-0.4, -0.2) is 48.3 Å². The van der Waals surface area contributed by atoms with Crippen molar-refractivity contribution in [1.82, 2.24) is 9.88 Å². The molecule has 1 amide bonds. The third-order valence-electron chi connectivity index (χ3n) is 5.17. The number of amides is 1. The van der Waals surface area contributed by atoms with Gasteiger partial charge in [0.15, 0.2) is 5.78 Å². The van der Waals surface area contributed by atoms with Crippen molar-refractivity contribution >= 4 is 17.4 Å². The molecule has 1 aromatic carbocycles. The van der Waals surface area contributed by atoms with Crippen LogP contribution in [-0.2, 0) is 6.42 Å². The molecule has 0 saturated heterocycles. The van der Waals surface area contributed by atoms with E-state index in [1.165, 1.54) is 12.5 Å². The first kappa shape index (κ1) is 19.2. The monoisotopic (exact) mass is 365 g/mol. The van der Waals surface area contributed by atoms with Crippen LogP contribution in [0.5, 0.6) is 0 Å². The van der Waals surface area contributed by atoms with Gasteiger partial charge < -0.3 is 9.80 Å². The number of benzene rings is 1. The largest absolute Gasteiger partial charge is 0.307 e. The van der Waals surface area contributed by atoms with Crippen molar-refractivity contribution in [3.8, 4) is 0 Å². The fraction of sp³-hybridized carbons (Fsp3) is 0.409. The lowest BCUT2D eigenvalue weighted by Gasteiger charge is -2.38. The second kappa shape index (κ2) is 7.61. The molecule has 0 aliphatic carbocycles. The maximum Gasteiger partial charge on any atom is 0.260 e. The first-order valence-corrected chi connectivity index (χ1v) is 9.35. The molecule has 1 aliphatic heterocycles. The number of para-hydroxylation sites is 1. The summed E-state index contributed by atoms with van der Waals surface area (Å²) in [7, 11) is 4.05. The van der Waals surface area contributed by atoms with Gasteiger partial charge in [-0.05, 0) is 65.4 Å². The van der Waals surface area contributed by atoms with Crippen LogP contribution in [0.15, 0.2) is 30.3 Å². The van der Waals surface area contributed by atoms with E-state index in [0.717, 1.165) is 25.1 Å². The van der Waals surface area contributed by atoms with E-state index in [1.54, 1.807) is 6.07 Å². The number of hydrogen-bond acceptors (Lipinski definition) is 4. The third-order valence-corrected chi connectivity index (χ3v) is 5.17. The Kier molecular flexibility index (Phi) is 5.42. The van der Waals surface area contributed by atoms with Gasteiger partial charge in [-0.25, -0.2) is 0 Å². The van der Waals surface area contributed by atoms with Crippen molar-refractivity contribution < 1.29 is 9.59 Å². The van der Waals surface area contributed by atoms with Gasteiger partial charge in [0.25, 0.3) is 5.91 Å². The molecule has 1 aliphatic rings. The Hall–Kier alpha value is -2.53. The molecule has 1 atom stereocenters. The van der Waals surface area contributed by atoms with Gasteiger partial charge in [0.2, 0.25) is 0 Å². The lowest BCUT2D eigenvalue weighted by atomic mass is 9.94. The lowest BCUT2D eigenvalue weighted by Crippen LogP contribution is -2.48. The number of pyridine rings is 1. The molecule has 1 unspecified atom stereocenters. The fourth-order valence-corrected chi connectivity index (χ4v) is 3.90. The standard InChI is InChI=1S/C22H27N3O2/c1-14-19(16(3)26)12-20(15(2)23-14)22(27)25-18(13-24(4)5)11-10-17-8-6-7-9-21(17)25/h6-9,12,18H,10-11,13H2,1-5H3. The minimum absolute atomic E-state index is 0.0714. The number of carbonyl (C=O) groups is 2. The molecule has 0 saturated carbocycles. The van der Waals surface area contributed by atoms with Gasteiger partial charge in [-0.15, -0.1) is 0 Å². The van der Waals surface area contributed by atoms with Gasteiger partial charge in [-0.3, -0.25) is 14.6 Å². The number of aromatic nitrogens is 1. The average Bonchev–Trinajstić information content (AvgIpc) is 2.60. The summed E-state index contributed by atoms with van der Waals surface area (Å²) in [6.45, 7) is 5.95. The molecule has 0 fully saturated rings. The van der Waals surface area contributed by atoms with Gasteiger partial charge >= 0.3 is 0 Å². The summed E-state index contributed by atoms with van der Waals surface area (Å²) in [5.41, 5.74) is 4.49. The summed E-state index contributed by atoms with van der Waals surface area (Å²) in [5.74, 6) is -0.153. The van der Waals surface area contributed by atoms with E-state index < -0.39 is 0 Å².